The van der Waals surface area contributed by atoms with Crippen LogP contribution < -0.4 is 10.6 Å². The van der Waals surface area contributed by atoms with Crippen LogP contribution >= 0.6 is 23.1 Å². The van der Waals surface area contributed by atoms with Crippen LogP contribution in [0.2, 0.25) is 0 Å². The van der Waals surface area contributed by atoms with Crippen LogP contribution in [0.3, 0.4) is 0 Å². The molecule has 3 heterocycles. The Morgan fingerprint density at radius 3 is 3.32 bits per heavy atom. The molecule has 2 aliphatic rings. The molecule has 0 radical (unpaired) electrons. The highest BCUT2D eigenvalue weighted by molar-refractivity contribution is 8.00. The summed E-state index contributed by atoms with van der Waals surface area (Å²) in [6.07, 6.45) is 3.48. The molecule has 2 unspecified atom stereocenters. The molecular formula is C14H20N2OS2. The van der Waals surface area contributed by atoms with Gasteiger partial charge in [0, 0.05) is 11.4 Å². The molecular weight excluding hydrogens is 276 g/mol. The van der Waals surface area contributed by atoms with E-state index in [-0.39, 0.29) is 11.2 Å². The molecule has 1 saturated heterocycles. The zero-order valence-electron chi connectivity index (χ0n) is 11.0. The molecule has 1 fully saturated rings. The second-order valence-corrected chi connectivity index (χ2v) is 7.45. The SMILES string of the molecule is O=C(NCCC1CCNC1)C1SCCc2sccc21. The predicted octanol–water partition coefficient (Wildman–Crippen LogP) is 2.19. The molecule has 2 aliphatic heterocycles. The van der Waals surface area contributed by atoms with Gasteiger partial charge in [-0.3, -0.25) is 4.79 Å². The molecule has 2 atom stereocenters. The summed E-state index contributed by atoms with van der Waals surface area (Å²) in [6, 6.07) is 2.12. The Labute approximate surface area is 122 Å². The molecule has 104 valence electrons. The van der Waals surface area contributed by atoms with E-state index in [1.807, 2.05) is 0 Å². The summed E-state index contributed by atoms with van der Waals surface area (Å²) in [4.78, 5) is 13.7. The third kappa shape index (κ3) is 3.15. The summed E-state index contributed by atoms with van der Waals surface area (Å²) in [5.41, 5.74) is 1.25. The lowest BCUT2D eigenvalue weighted by Gasteiger charge is -2.21. The first kappa shape index (κ1) is 13.5. The van der Waals surface area contributed by atoms with Crippen LogP contribution in [0, 0.1) is 5.92 Å². The molecule has 0 bridgehead atoms. The summed E-state index contributed by atoms with van der Waals surface area (Å²) in [7, 11) is 0. The van der Waals surface area contributed by atoms with E-state index in [9.17, 15) is 4.79 Å². The molecule has 0 aromatic carbocycles. The van der Waals surface area contributed by atoms with E-state index in [2.05, 4.69) is 22.1 Å². The average Bonchev–Trinajstić information content (AvgIpc) is 3.08. The van der Waals surface area contributed by atoms with E-state index < -0.39 is 0 Å². The summed E-state index contributed by atoms with van der Waals surface area (Å²) in [5, 5.41) is 8.63. The van der Waals surface area contributed by atoms with Gasteiger partial charge in [-0.05, 0) is 61.0 Å². The number of fused-ring (bicyclic) bond motifs is 1. The van der Waals surface area contributed by atoms with E-state index in [0.29, 0.717) is 0 Å². The van der Waals surface area contributed by atoms with Crippen molar-refractivity contribution < 1.29 is 4.79 Å². The van der Waals surface area contributed by atoms with Gasteiger partial charge in [0.25, 0.3) is 0 Å². The number of nitrogens with one attached hydrogen (secondary N) is 2. The van der Waals surface area contributed by atoms with Crippen molar-refractivity contribution in [3.63, 3.8) is 0 Å². The third-order valence-electron chi connectivity index (χ3n) is 3.93. The highest BCUT2D eigenvalue weighted by atomic mass is 32.2. The molecule has 19 heavy (non-hydrogen) atoms. The zero-order chi connectivity index (χ0) is 13.1. The smallest absolute Gasteiger partial charge is 0.237 e. The van der Waals surface area contributed by atoms with Gasteiger partial charge in [-0.1, -0.05) is 0 Å². The second kappa shape index (κ2) is 6.29. The van der Waals surface area contributed by atoms with Crippen molar-refractivity contribution in [2.75, 3.05) is 25.4 Å². The fraction of sp³-hybridized carbons (Fsp3) is 0.643. The van der Waals surface area contributed by atoms with Crippen LogP contribution in [0.5, 0.6) is 0 Å². The lowest BCUT2D eigenvalue weighted by molar-refractivity contribution is -0.120. The number of carbonyl (C=O) groups excluding carboxylic acids is 1. The Morgan fingerprint density at radius 2 is 2.47 bits per heavy atom. The molecule has 0 spiro atoms. The quantitative estimate of drug-likeness (QED) is 0.895. The van der Waals surface area contributed by atoms with Crippen molar-refractivity contribution in [1.29, 1.82) is 0 Å². The van der Waals surface area contributed by atoms with Crippen LogP contribution in [0.25, 0.3) is 0 Å². The fourth-order valence-electron chi connectivity index (χ4n) is 2.82. The molecule has 1 aromatic heterocycles. The molecule has 5 heteroatoms. The van der Waals surface area contributed by atoms with Crippen molar-refractivity contribution in [3.05, 3.63) is 21.9 Å². The summed E-state index contributed by atoms with van der Waals surface area (Å²) >= 11 is 3.57. The Balaban J connectivity index is 1.51. The maximum absolute atomic E-state index is 12.3. The number of thioether (sulfide) groups is 1. The van der Waals surface area contributed by atoms with Crippen molar-refractivity contribution in [2.45, 2.75) is 24.5 Å². The highest BCUT2D eigenvalue weighted by Crippen LogP contribution is 2.39. The van der Waals surface area contributed by atoms with Crippen molar-refractivity contribution in [2.24, 2.45) is 5.92 Å². The summed E-state index contributed by atoms with van der Waals surface area (Å²) < 4.78 is 0. The number of carbonyl (C=O) groups is 1. The zero-order valence-corrected chi connectivity index (χ0v) is 12.6. The van der Waals surface area contributed by atoms with Gasteiger partial charge in [-0.25, -0.2) is 0 Å². The normalized spacial score (nSPS) is 26.1. The van der Waals surface area contributed by atoms with Gasteiger partial charge in [0.05, 0.1) is 0 Å². The number of hydrogen-bond acceptors (Lipinski definition) is 4. The van der Waals surface area contributed by atoms with Crippen LogP contribution in [0.1, 0.15) is 28.5 Å². The Hall–Kier alpha value is -0.520. The van der Waals surface area contributed by atoms with Gasteiger partial charge >= 0.3 is 0 Å². The third-order valence-corrected chi connectivity index (χ3v) is 6.17. The standard InChI is InChI=1S/C14H20N2OS2/c17-14(16-6-2-10-1-5-15-9-10)13-11-3-7-18-12(11)4-8-19-13/h3,7,10,13,15H,1-2,4-6,8-9H2,(H,16,17). The highest BCUT2D eigenvalue weighted by Gasteiger charge is 2.27. The van der Waals surface area contributed by atoms with Crippen molar-refractivity contribution >= 4 is 29.0 Å². The fourth-order valence-corrected chi connectivity index (χ4v) is 5.13. The second-order valence-electron chi connectivity index (χ2n) is 5.24. The molecule has 3 nitrogen and oxygen atoms in total. The van der Waals surface area contributed by atoms with Gasteiger partial charge in [-0.15, -0.1) is 23.1 Å². The van der Waals surface area contributed by atoms with Crippen LogP contribution in [-0.4, -0.2) is 31.3 Å². The summed E-state index contributed by atoms with van der Waals surface area (Å²) in [6.45, 7) is 3.07. The van der Waals surface area contributed by atoms with E-state index in [1.54, 1.807) is 23.1 Å². The molecule has 3 rings (SSSR count). The Bertz CT molecular complexity index is 440. The lowest BCUT2D eigenvalue weighted by Crippen LogP contribution is -2.31. The molecule has 1 aromatic rings. The van der Waals surface area contributed by atoms with Crippen LogP contribution in [0.4, 0.5) is 0 Å². The lowest BCUT2D eigenvalue weighted by atomic mass is 10.1. The minimum atomic E-state index is 0.0247. The monoisotopic (exact) mass is 296 g/mol. The van der Waals surface area contributed by atoms with Gasteiger partial charge in [0.1, 0.15) is 5.25 Å². The van der Waals surface area contributed by atoms with Gasteiger partial charge in [-0.2, -0.15) is 0 Å². The number of aryl methyl sites for hydroxylation is 1. The van der Waals surface area contributed by atoms with Crippen molar-refractivity contribution in [1.82, 2.24) is 10.6 Å². The molecule has 0 aliphatic carbocycles. The largest absolute Gasteiger partial charge is 0.355 e. The minimum Gasteiger partial charge on any atom is -0.355 e. The van der Waals surface area contributed by atoms with E-state index in [1.165, 1.54) is 16.9 Å². The maximum atomic E-state index is 12.3. The van der Waals surface area contributed by atoms with Gasteiger partial charge in [0.2, 0.25) is 5.91 Å². The first-order valence-electron chi connectivity index (χ1n) is 7.01. The van der Waals surface area contributed by atoms with E-state index >= 15 is 0 Å². The van der Waals surface area contributed by atoms with Crippen LogP contribution in [0.15, 0.2) is 11.4 Å². The number of rotatable bonds is 4. The van der Waals surface area contributed by atoms with E-state index in [4.69, 9.17) is 0 Å². The Morgan fingerprint density at radius 1 is 1.53 bits per heavy atom. The average molecular weight is 296 g/mol. The minimum absolute atomic E-state index is 0.0247. The Kier molecular flexibility index (Phi) is 4.45. The maximum Gasteiger partial charge on any atom is 0.237 e. The first-order valence-corrected chi connectivity index (χ1v) is 8.94. The molecule has 0 saturated carbocycles. The van der Waals surface area contributed by atoms with Crippen molar-refractivity contribution in [3.8, 4) is 0 Å². The number of thiophene rings is 1. The molecule has 2 N–H and O–H groups in total. The molecule has 1 amide bonds. The number of hydrogen-bond donors (Lipinski definition) is 2. The van der Waals surface area contributed by atoms with Gasteiger partial charge in [0.15, 0.2) is 0 Å². The van der Waals surface area contributed by atoms with Crippen LogP contribution in [-0.2, 0) is 11.2 Å². The first-order chi connectivity index (χ1) is 9.34. The predicted molar refractivity (Wildman–Crippen MR) is 81.8 cm³/mol. The van der Waals surface area contributed by atoms with E-state index in [0.717, 1.165) is 44.1 Å². The van der Waals surface area contributed by atoms with Gasteiger partial charge < -0.3 is 10.6 Å². The number of amides is 1. The topological polar surface area (TPSA) is 41.1 Å². The summed E-state index contributed by atoms with van der Waals surface area (Å²) in [5.74, 6) is 2.02.